The molecule has 2 amide bonds. The fourth-order valence-corrected chi connectivity index (χ4v) is 4.12. The molecule has 0 aliphatic carbocycles. The molecule has 196 valence electrons. The molecule has 1 unspecified atom stereocenters. The van der Waals surface area contributed by atoms with Gasteiger partial charge in [0.2, 0.25) is 11.8 Å². The van der Waals surface area contributed by atoms with E-state index in [9.17, 15) is 14.7 Å². The van der Waals surface area contributed by atoms with Crippen molar-refractivity contribution in [3.8, 4) is 5.75 Å². The first-order chi connectivity index (χ1) is 17.8. The van der Waals surface area contributed by atoms with Gasteiger partial charge in [0.1, 0.15) is 11.9 Å². The number of carbonyl (C=O) groups is 2. The zero-order valence-electron chi connectivity index (χ0n) is 21.4. The first kappa shape index (κ1) is 28.3. The topological polar surface area (TPSA) is 87.7 Å². The molecule has 0 fully saturated rings. The van der Waals surface area contributed by atoms with Crippen molar-refractivity contribution in [3.05, 3.63) is 102 Å². The first-order valence-corrected chi connectivity index (χ1v) is 13.1. The van der Waals surface area contributed by atoms with Gasteiger partial charge < -0.3 is 20.5 Å². The summed E-state index contributed by atoms with van der Waals surface area (Å²) in [5.74, 6) is 0.605. The lowest BCUT2D eigenvalue weighted by molar-refractivity contribution is -0.136. The fraction of sp³-hybridized carbons (Fsp3) is 0.333. The number of hydrogen-bond acceptors (Lipinski definition) is 5. The Kier molecular flexibility index (Phi) is 10.6. The van der Waals surface area contributed by atoms with E-state index in [0.717, 1.165) is 5.56 Å². The Hall–Kier alpha value is -3.29. The Labute approximate surface area is 224 Å². The van der Waals surface area contributed by atoms with Crippen LogP contribution in [-0.4, -0.2) is 48.5 Å². The van der Waals surface area contributed by atoms with Gasteiger partial charge in [-0.05, 0) is 28.8 Å². The molecule has 0 saturated heterocycles. The number of aliphatic hydroxyl groups excluding tert-OH is 1. The van der Waals surface area contributed by atoms with Gasteiger partial charge in [-0.2, -0.15) is 12.6 Å². The van der Waals surface area contributed by atoms with Gasteiger partial charge >= 0.3 is 0 Å². The van der Waals surface area contributed by atoms with E-state index in [4.69, 9.17) is 4.74 Å². The third-order valence-electron chi connectivity index (χ3n) is 6.16. The molecular weight excluding hydrogens is 484 g/mol. The maximum atomic E-state index is 12.4. The molecule has 3 aromatic rings. The molecule has 0 spiro atoms. The van der Waals surface area contributed by atoms with Crippen molar-refractivity contribution in [2.24, 2.45) is 5.41 Å². The fourth-order valence-electron chi connectivity index (χ4n) is 4.01. The zero-order chi connectivity index (χ0) is 26.7. The summed E-state index contributed by atoms with van der Waals surface area (Å²) in [6.45, 7) is 4.31. The molecule has 0 aliphatic heterocycles. The third kappa shape index (κ3) is 8.37. The summed E-state index contributed by atoms with van der Waals surface area (Å²) in [4.78, 5) is 24.1. The van der Waals surface area contributed by atoms with Gasteiger partial charge in [-0.25, -0.2) is 0 Å². The molecule has 1 atom stereocenters. The van der Waals surface area contributed by atoms with Crippen LogP contribution in [-0.2, 0) is 9.59 Å². The highest BCUT2D eigenvalue weighted by Gasteiger charge is 2.34. The Bertz CT molecular complexity index is 1080. The molecule has 3 rings (SSSR count). The average molecular weight is 521 g/mol. The Balaban J connectivity index is 1.59. The van der Waals surface area contributed by atoms with Crippen molar-refractivity contribution >= 4 is 24.4 Å². The molecule has 0 saturated carbocycles. The van der Waals surface area contributed by atoms with Crippen molar-refractivity contribution in [1.82, 2.24) is 10.6 Å². The lowest BCUT2D eigenvalue weighted by Gasteiger charge is -2.29. The van der Waals surface area contributed by atoms with Gasteiger partial charge in [-0.1, -0.05) is 86.6 Å². The summed E-state index contributed by atoms with van der Waals surface area (Å²) in [5.41, 5.74) is 2.71. The van der Waals surface area contributed by atoms with Crippen molar-refractivity contribution in [2.75, 3.05) is 25.4 Å². The number of carbonyl (C=O) groups excluding carboxylic acids is 2. The number of thiol groups is 1. The largest absolute Gasteiger partial charge is 0.493 e. The van der Waals surface area contributed by atoms with Crippen LogP contribution >= 0.6 is 12.6 Å². The van der Waals surface area contributed by atoms with E-state index in [2.05, 4.69) is 59.7 Å². The highest BCUT2D eigenvalue weighted by atomic mass is 32.1. The van der Waals surface area contributed by atoms with Gasteiger partial charge in [0, 0.05) is 36.6 Å². The van der Waals surface area contributed by atoms with Crippen LogP contribution in [0.4, 0.5) is 0 Å². The summed E-state index contributed by atoms with van der Waals surface area (Å²) in [6, 6.07) is 28.7. The number of hydrogen-bond donors (Lipinski definition) is 4. The highest BCUT2D eigenvalue weighted by molar-refractivity contribution is 7.80. The number of ether oxygens (including phenoxy) is 1. The second kappa shape index (κ2) is 13.9. The van der Waals surface area contributed by atoms with Gasteiger partial charge in [0.25, 0.3) is 0 Å². The molecule has 0 aromatic heterocycles. The normalized spacial score (nSPS) is 12.1. The molecule has 3 N–H and O–H groups in total. The zero-order valence-corrected chi connectivity index (χ0v) is 22.3. The van der Waals surface area contributed by atoms with Crippen LogP contribution in [0.15, 0.2) is 84.9 Å². The van der Waals surface area contributed by atoms with Crippen LogP contribution in [0.3, 0.4) is 0 Å². The van der Waals surface area contributed by atoms with Gasteiger partial charge in [-0.15, -0.1) is 0 Å². The van der Waals surface area contributed by atoms with E-state index < -0.39 is 17.4 Å². The number of benzene rings is 3. The van der Waals surface area contributed by atoms with E-state index in [0.29, 0.717) is 18.0 Å². The number of rotatable bonds is 13. The standard InChI is InChI=1S/C30H36N2O4S/c1-30(2,28(34)29(35)32-18-17-26(33)31-19-20-37)21-36-25-15-13-24(14-16-25)27(22-9-5-3-6-10-22)23-11-7-4-8-12-23/h3-16,27-28,34,37H,17-21H2,1-2H3,(H,31,33)(H,32,35). The molecule has 6 nitrogen and oxygen atoms in total. The highest BCUT2D eigenvalue weighted by Crippen LogP contribution is 2.33. The van der Waals surface area contributed by atoms with E-state index >= 15 is 0 Å². The van der Waals surface area contributed by atoms with Crippen molar-refractivity contribution in [3.63, 3.8) is 0 Å². The summed E-state index contributed by atoms with van der Waals surface area (Å²) in [7, 11) is 0. The summed E-state index contributed by atoms with van der Waals surface area (Å²) >= 11 is 4.04. The van der Waals surface area contributed by atoms with Crippen LogP contribution in [0.5, 0.6) is 5.75 Å². The van der Waals surface area contributed by atoms with Gasteiger partial charge in [-0.3, -0.25) is 9.59 Å². The Morgan fingerprint density at radius 1 is 0.838 bits per heavy atom. The molecule has 0 aliphatic rings. The van der Waals surface area contributed by atoms with E-state index in [-0.39, 0.29) is 31.4 Å². The van der Waals surface area contributed by atoms with Crippen LogP contribution in [0.2, 0.25) is 0 Å². The van der Waals surface area contributed by atoms with E-state index in [1.807, 2.05) is 48.5 Å². The maximum absolute atomic E-state index is 12.4. The van der Waals surface area contributed by atoms with Crippen LogP contribution < -0.4 is 15.4 Å². The van der Waals surface area contributed by atoms with Crippen molar-refractivity contribution < 1.29 is 19.4 Å². The molecule has 37 heavy (non-hydrogen) atoms. The number of amides is 2. The second-order valence-electron chi connectivity index (χ2n) is 9.62. The Morgan fingerprint density at radius 2 is 1.38 bits per heavy atom. The number of aliphatic hydroxyl groups is 1. The lowest BCUT2D eigenvalue weighted by Crippen LogP contribution is -2.47. The van der Waals surface area contributed by atoms with Crippen LogP contribution in [0, 0.1) is 5.41 Å². The van der Waals surface area contributed by atoms with E-state index in [1.54, 1.807) is 13.8 Å². The maximum Gasteiger partial charge on any atom is 0.249 e. The predicted octanol–water partition coefficient (Wildman–Crippen LogP) is 4.19. The third-order valence-corrected chi connectivity index (χ3v) is 6.39. The monoisotopic (exact) mass is 520 g/mol. The molecule has 0 radical (unpaired) electrons. The second-order valence-corrected chi connectivity index (χ2v) is 10.1. The molecule has 7 heteroatoms. The first-order valence-electron chi connectivity index (χ1n) is 12.5. The molecule has 0 heterocycles. The molecule has 3 aromatic carbocycles. The molecule has 0 bridgehead atoms. The summed E-state index contributed by atoms with van der Waals surface area (Å²) in [6.07, 6.45) is -1.14. The molecular formula is C30H36N2O4S. The number of nitrogens with one attached hydrogen (secondary N) is 2. The summed E-state index contributed by atoms with van der Waals surface area (Å²) in [5, 5.41) is 15.9. The average Bonchev–Trinajstić information content (AvgIpc) is 2.92. The minimum atomic E-state index is -1.28. The van der Waals surface area contributed by atoms with Crippen LogP contribution in [0.25, 0.3) is 0 Å². The summed E-state index contributed by atoms with van der Waals surface area (Å²) < 4.78 is 5.96. The van der Waals surface area contributed by atoms with Crippen molar-refractivity contribution in [1.29, 1.82) is 0 Å². The van der Waals surface area contributed by atoms with Gasteiger partial charge in [0.15, 0.2) is 0 Å². The van der Waals surface area contributed by atoms with Gasteiger partial charge in [0.05, 0.1) is 6.61 Å². The minimum Gasteiger partial charge on any atom is -0.493 e. The predicted molar refractivity (Wildman–Crippen MR) is 150 cm³/mol. The minimum absolute atomic E-state index is 0.0957. The quantitative estimate of drug-likeness (QED) is 0.201. The SMILES string of the molecule is CC(C)(COc1ccc(C(c2ccccc2)c2ccccc2)cc1)C(O)C(=O)NCCC(=O)NCCS. The van der Waals surface area contributed by atoms with Crippen molar-refractivity contribution in [2.45, 2.75) is 32.3 Å². The van der Waals surface area contributed by atoms with Crippen LogP contribution in [0.1, 0.15) is 42.9 Å². The smallest absolute Gasteiger partial charge is 0.249 e. The van der Waals surface area contributed by atoms with E-state index in [1.165, 1.54) is 11.1 Å². The lowest BCUT2D eigenvalue weighted by atomic mass is 9.85. The Morgan fingerprint density at radius 3 is 1.92 bits per heavy atom.